The van der Waals surface area contributed by atoms with Crippen LogP contribution in [0.25, 0.3) is 11.0 Å². The molecule has 3 aromatic rings. The topological polar surface area (TPSA) is 79.0 Å². The number of alkyl halides is 2. The quantitative estimate of drug-likeness (QED) is 0.531. The van der Waals surface area contributed by atoms with Crippen molar-refractivity contribution in [2.75, 3.05) is 7.11 Å². The Morgan fingerprint density at radius 1 is 1.19 bits per heavy atom. The van der Waals surface area contributed by atoms with Crippen molar-refractivity contribution in [2.24, 2.45) is 0 Å². The van der Waals surface area contributed by atoms with E-state index in [1.165, 1.54) is 0 Å². The third-order valence-corrected chi connectivity index (χ3v) is 5.69. The lowest BCUT2D eigenvalue weighted by Crippen LogP contribution is -2.46. The Hall–Kier alpha value is -3.16. The van der Waals surface area contributed by atoms with E-state index in [9.17, 15) is 13.6 Å². The summed E-state index contributed by atoms with van der Waals surface area (Å²) in [4.78, 5) is 20.6. The number of halogens is 2. The minimum absolute atomic E-state index is 0.198. The molecule has 8 heteroatoms. The molecule has 164 valence electrons. The fourth-order valence-electron chi connectivity index (χ4n) is 3.92. The van der Waals surface area contributed by atoms with Crippen LogP contribution in [-0.2, 0) is 6.42 Å². The maximum Gasteiger partial charge on any atom is 0.315 e. The van der Waals surface area contributed by atoms with Crippen molar-refractivity contribution in [1.82, 2.24) is 20.6 Å². The van der Waals surface area contributed by atoms with Crippen LogP contribution in [0.1, 0.15) is 43.1 Å². The maximum atomic E-state index is 13.4. The summed E-state index contributed by atoms with van der Waals surface area (Å²) >= 11 is 0. The van der Waals surface area contributed by atoms with Gasteiger partial charge in [0.05, 0.1) is 24.2 Å². The molecule has 31 heavy (non-hydrogen) atoms. The van der Waals surface area contributed by atoms with E-state index in [4.69, 9.17) is 4.74 Å². The van der Waals surface area contributed by atoms with Gasteiger partial charge in [-0.1, -0.05) is 24.3 Å². The number of amides is 2. The van der Waals surface area contributed by atoms with E-state index >= 15 is 0 Å². The van der Waals surface area contributed by atoms with Crippen molar-refractivity contribution < 1.29 is 18.3 Å². The number of ether oxygens (including phenoxy) is 1. The number of nitrogens with one attached hydrogen (secondary N) is 3. The number of benzene rings is 2. The number of fused-ring (bicyclic) bond motifs is 1. The van der Waals surface area contributed by atoms with Crippen LogP contribution in [0, 0.1) is 0 Å². The van der Waals surface area contributed by atoms with Crippen LogP contribution >= 0.6 is 0 Å². The zero-order chi connectivity index (χ0) is 21.8. The summed E-state index contributed by atoms with van der Waals surface area (Å²) < 4.78 is 32.0. The van der Waals surface area contributed by atoms with Crippen molar-refractivity contribution >= 4 is 17.1 Å². The molecule has 0 spiro atoms. The summed E-state index contributed by atoms with van der Waals surface area (Å²) in [6.45, 7) is 0. The summed E-state index contributed by atoms with van der Waals surface area (Å²) in [5.74, 6) is -1.23. The van der Waals surface area contributed by atoms with Crippen molar-refractivity contribution in [1.29, 1.82) is 0 Å². The van der Waals surface area contributed by atoms with Gasteiger partial charge in [0.1, 0.15) is 11.6 Å². The molecule has 3 N–H and O–H groups in total. The zero-order valence-electron chi connectivity index (χ0n) is 17.3. The van der Waals surface area contributed by atoms with Crippen LogP contribution in [0.3, 0.4) is 0 Å². The van der Waals surface area contributed by atoms with Gasteiger partial charge in [-0.2, -0.15) is 0 Å². The predicted molar refractivity (Wildman–Crippen MR) is 114 cm³/mol. The molecular formula is C23H26F2N4O2. The molecule has 1 aliphatic rings. The molecule has 2 amide bonds. The molecule has 2 aromatic carbocycles. The van der Waals surface area contributed by atoms with E-state index in [2.05, 4.69) is 20.6 Å². The van der Waals surface area contributed by atoms with Gasteiger partial charge in [-0.05, 0) is 49.1 Å². The van der Waals surface area contributed by atoms with E-state index < -0.39 is 12.0 Å². The van der Waals surface area contributed by atoms with Crippen molar-refractivity contribution in [2.45, 2.75) is 50.1 Å². The fraction of sp³-hybridized carbons (Fsp3) is 0.391. The maximum absolute atomic E-state index is 13.4. The van der Waals surface area contributed by atoms with Crippen molar-refractivity contribution in [3.05, 3.63) is 59.9 Å². The van der Waals surface area contributed by atoms with E-state index in [1.54, 1.807) is 7.11 Å². The number of urea groups is 1. The number of carbonyl (C=O) groups is 1. The summed E-state index contributed by atoms with van der Waals surface area (Å²) in [6.07, 6.45) is 0.663. The Morgan fingerprint density at radius 3 is 2.58 bits per heavy atom. The first-order chi connectivity index (χ1) is 14.9. The normalized spacial score (nSPS) is 17.3. The largest absolute Gasteiger partial charge is 0.497 e. The van der Waals surface area contributed by atoms with Gasteiger partial charge in [0.25, 0.3) is 0 Å². The summed E-state index contributed by atoms with van der Waals surface area (Å²) in [5, 5.41) is 5.83. The van der Waals surface area contributed by atoms with Crippen LogP contribution < -0.4 is 15.4 Å². The van der Waals surface area contributed by atoms with Crippen LogP contribution in [0.5, 0.6) is 5.75 Å². The first-order valence-electron chi connectivity index (χ1n) is 10.4. The summed E-state index contributed by atoms with van der Waals surface area (Å²) in [7, 11) is 1.61. The molecule has 1 saturated carbocycles. The van der Waals surface area contributed by atoms with E-state index in [1.807, 2.05) is 48.5 Å². The number of hydrogen-bond donors (Lipinski definition) is 3. The van der Waals surface area contributed by atoms with Crippen LogP contribution in [0.2, 0.25) is 0 Å². The molecule has 0 aliphatic heterocycles. The molecule has 1 heterocycles. The number of aromatic amines is 1. The van der Waals surface area contributed by atoms with Gasteiger partial charge in [-0.25, -0.2) is 18.6 Å². The molecule has 0 unspecified atom stereocenters. The molecule has 0 bridgehead atoms. The standard InChI is InChI=1S/C23H26F2N4O2/c1-31-17-8-6-15(7-9-17)14-20(21-27-18-4-2-3-5-19(18)28-21)29-22(30)26-16-10-12-23(24,25)13-11-16/h2-9,16,20H,10-14H2,1H3,(H,27,28)(H2,26,29,30)/t20-/m1/s1. The van der Waals surface area contributed by atoms with E-state index in [0.29, 0.717) is 12.2 Å². The second-order valence-corrected chi connectivity index (χ2v) is 7.99. The first-order valence-corrected chi connectivity index (χ1v) is 10.4. The number of H-pyrrole nitrogens is 1. The van der Waals surface area contributed by atoms with Crippen LogP contribution in [-0.4, -0.2) is 35.1 Å². The minimum Gasteiger partial charge on any atom is -0.497 e. The molecular weight excluding hydrogens is 402 g/mol. The van der Waals surface area contributed by atoms with E-state index in [-0.39, 0.29) is 37.8 Å². The van der Waals surface area contributed by atoms with Crippen molar-refractivity contribution in [3.63, 3.8) is 0 Å². The number of nitrogens with zero attached hydrogens (tertiary/aromatic N) is 1. The number of methoxy groups -OCH3 is 1. The number of imidazole rings is 1. The second-order valence-electron chi connectivity index (χ2n) is 7.99. The predicted octanol–water partition coefficient (Wildman–Crippen LogP) is 4.73. The summed E-state index contributed by atoms with van der Waals surface area (Å²) in [5.41, 5.74) is 2.70. The highest BCUT2D eigenvalue weighted by Gasteiger charge is 2.35. The van der Waals surface area contributed by atoms with Gasteiger partial charge in [0.2, 0.25) is 5.92 Å². The van der Waals surface area contributed by atoms with Gasteiger partial charge in [-0.3, -0.25) is 0 Å². The smallest absolute Gasteiger partial charge is 0.315 e. The number of hydrogen-bond acceptors (Lipinski definition) is 3. The Bertz CT molecular complexity index is 992. The Balaban J connectivity index is 1.49. The lowest BCUT2D eigenvalue weighted by atomic mass is 9.92. The Morgan fingerprint density at radius 2 is 1.90 bits per heavy atom. The average Bonchev–Trinajstić information content (AvgIpc) is 3.20. The molecule has 1 fully saturated rings. The lowest BCUT2D eigenvalue weighted by Gasteiger charge is -2.29. The lowest BCUT2D eigenvalue weighted by molar-refractivity contribution is -0.0395. The second kappa shape index (κ2) is 8.91. The van der Waals surface area contributed by atoms with Gasteiger partial charge >= 0.3 is 6.03 Å². The minimum atomic E-state index is -2.63. The monoisotopic (exact) mass is 428 g/mol. The van der Waals surface area contributed by atoms with Gasteiger partial charge in [-0.15, -0.1) is 0 Å². The van der Waals surface area contributed by atoms with Crippen LogP contribution in [0.4, 0.5) is 13.6 Å². The molecule has 0 radical (unpaired) electrons. The Kier molecular flexibility index (Phi) is 6.06. The number of carbonyl (C=O) groups excluding carboxylic acids is 1. The highest BCUT2D eigenvalue weighted by atomic mass is 19.3. The van der Waals surface area contributed by atoms with E-state index in [0.717, 1.165) is 22.3 Å². The van der Waals surface area contributed by atoms with Crippen molar-refractivity contribution in [3.8, 4) is 5.75 Å². The number of para-hydroxylation sites is 2. The number of aromatic nitrogens is 2. The molecule has 6 nitrogen and oxygen atoms in total. The third-order valence-electron chi connectivity index (χ3n) is 5.69. The highest BCUT2D eigenvalue weighted by Crippen LogP contribution is 2.33. The zero-order valence-corrected chi connectivity index (χ0v) is 17.3. The van der Waals surface area contributed by atoms with Gasteiger partial charge < -0.3 is 20.4 Å². The molecule has 1 atom stereocenters. The highest BCUT2D eigenvalue weighted by molar-refractivity contribution is 5.76. The summed E-state index contributed by atoms with van der Waals surface area (Å²) in [6, 6.07) is 14.2. The first kappa shape index (κ1) is 21.1. The van der Waals surface area contributed by atoms with Gasteiger partial charge in [0.15, 0.2) is 0 Å². The molecule has 1 aliphatic carbocycles. The fourth-order valence-corrected chi connectivity index (χ4v) is 3.92. The average molecular weight is 428 g/mol. The molecule has 4 rings (SSSR count). The molecule has 1 aromatic heterocycles. The van der Waals surface area contributed by atoms with Crippen LogP contribution in [0.15, 0.2) is 48.5 Å². The number of rotatable bonds is 6. The Labute approximate surface area is 179 Å². The van der Waals surface area contributed by atoms with Gasteiger partial charge in [0, 0.05) is 18.9 Å². The SMILES string of the molecule is COc1ccc(C[C@@H](NC(=O)NC2CCC(F)(F)CC2)c2nc3ccccc3[nH]2)cc1. The molecule has 0 saturated heterocycles. The third kappa shape index (κ3) is 5.31.